The first-order valence-electron chi connectivity index (χ1n) is 16.2. The van der Waals surface area contributed by atoms with Gasteiger partial charge in [-0.25, -0.2) is 9.59 Å². The van der Waals surface area contributed by atoms with Crippen LogP contribution in [0.5, 0.6) is 0 Å². The van der Waals surface area contributed by atoms with E-state index in [9.17, 15) is 24.3 Å². The van der Waals surface area contributed by atoms with E-state index in [1.807, 2.05) is 37.3 Å². The molecule has 4 aliphatic rings. The van der Waals surface area contributed by atoms with Gasteiger partial charge in [-0.3, -0.25) is 14.9 Å². The average molecular weight is 609 g/mol. The number of likely N-dealkylation sites (tertiary alicyclic amines) is 1. The molecule has 3 saturated carbocycles. The number of alkyl carbamates (subject to hydrolysis) is 1. The van der Waals surface area contributed by atoms with Crippen LogP contribution in [0.3, 0.4) is 0 Å². The zero-order valence-electron chi connectivity index (χ0n) is 26.6. The summed E-state index contributed by atoms with van der Waals surface area (Å²) in [5.74, 6) is -1.31. The Bertz CT molecular complexity index is 1280. The lowest BCUT2D eigenvalue weighted by molar-refractivity contribution is -0.191. The molecule has 240 valence electrons. The van der Waals surface area contributed by atoms with Crippen LogP contribution in [0.1, 0.15) is 78.2 Å². The summed E-state index contributed by atoms with van der Waals surface area (Å²) >= 11 is 0. The zero-order valence-corrected chi connectivity index (χ0v) is 26.6. The zero-order chi connectivity index (χ0) is 31.9. The molecule has 0 aromatic heterocycles. The number of aliphatic hydroxyl groups excluding tert-OH is 1. The van der Waals surface area contributed by atoms with Crippen molar-refractivity contribution in [1.29, 1.82) is 0 Å². The van der Waals surface area contributed by atoms with Gasteiger partial charge >= 0.3 is 12.2 Å². The highest BCUT2D eigenvalue weighted by Gasteiger charge is 2.68. The minimum atomic E-state index is -0.867. The Labute approximate surface area is 260 Å². The van der Waals surface area contributed by atoms with E-state index < -0.39 is 47.0 Å². The average Bonchev–Trinajstić information content (AvgIpc) is 3.38. The SMILES string of the molecule is C=C[C@@]1(C)CC(OC(=O)NC(=O)C2CCCN(C(=O)OCc3ccccc3)C2)C2(C)C(C)CCC3(CCC(=O)C32)C(C)[C@H]1O. The van der Waals surface area contributed by atoms with Crippen molar-refractivity contribution in [1.82, 2.24) is 10.2 Å². The molecule has 9 heteroatoms. The summed E-state index contributed by atoms with van der Waals surface area (Å²) in [5, 5.41) is 14.1. The molecule has 1 heterocycles. The molecule has 4 fully saturated rings. The van der Waals surface area contributed by atoms with E-state index in [4.69, 9.17) is 9.47 Å². The second-order valence-corrected chi connectivity index (χ2v) is 14.3. The highest BCUT2D eigenvalue weighted by atomic mass is 16.6. The fraction of sp³-hybridized carbons (Fsp3) is 0.657. The van der Waals surface area contributed by atoms with Crippen LogP contribution < -0.4 is 5.32 Å². The Morgan fingerprint density at radius 3 is 2.57 bits per heavy atom. The van der Waals surface area contributed by atoms with E-state index in [2.05, 4.69) is 32.7 Å². The minimum absolute atomic E-state index is 0.0847. The minimum Gasteiger partial charge on any atom is -0.445 e. The molecule has 5 rings (SSSR count). The number of imide groups is 1. The third-order valence-electron chi connectivity index (χ3n) is 12.0. The van der Waals surface area contributed by atoms with Crippen LogP contribution in [0.4, 0.5) is 9.59 Å². The number of ketones is 1. The number of nitrogens with one attached hydrogen (secondary N) is 1. The van der Waals surface area contributed by atoms with Crippen molar-refractivity contribution in [2.45, 2.75) is 91.5 Å². The smallest absolute Gasteiger partial charge is 0.414 e. The van der Waals surface area contributed by atoms with Gasteiger partial charge in [0.05, 0.1) is 12.0 Å². The van der Waals surface area contributed by atoms with Gasteiger partial charge in [-0.2, -0.15) is 0 Å². The van der Waals surface area contributed by atoms with Crippen molar-refractivity contribution in [2.24, 2.45) is 39.9 Å². The van der Waals surface area contributed by atoms with Crippen LogP contribution in [-0.4, -0.2) is 59.2 Å². The largest absolute Gasteiger partial charge is 0.445 e. The number of carbonyl (C=O) groups excluding carboxylic acids is 4. The molecule has 1 saturated heterocycles. The van der Waals surface area contributed by atoms with Crippen molar-refractivity contribution >= 4 is 23.9 Å². The third kappa shape index (κ3) is 5.57. The van der Waals surface area contributed by atoms with Gasteiger partial charge in [-0.15, -0.1) is 6.58 Å². The summed E-state index contributed by atoms with van der Waals surface area (Å²) in [6.45, 7) is 13.0. The van der Waals surface area contributed by atoms with Crippen molar-refractivity contribution in [3.05, 3.63) is 48.6 Å². The number of ether oxygens (including phenoxy) is 2. The molecule has 3 amide bonds. The van der Waals surface area contributed by atoms with Crippen LogP contribution in [-0.2, 0) is 25.7 Å². The van der Waals surface area contributed by atoms with Gasteiger partial charge < -0.3 is 19.5 Å². The number of aliphatic hydroxyl groups is 1. The molecule has 44 heavy (non-hydrogen) atoms. The van der Waals surface area contributed by atoms with Gasteiger partial charge in [0.2, 0.25) is 5.91 Å². The maximum absolute atomic E-state index is 13.6. The summed E-state index contributed by atoms with van der Waals surface area (Å²) in [4.78, 5) is 54.5. The number of hydrogen-bond donors (Lipinski definition) is 2. The van der Waals surface area contributed by atoms with Crippen molar-refractivity contribution in [3.63, 3.8) is 0 Å². The number of hydrogen-bond acceptors (Lipinski definition) is 7. The molecular formula is C35H48N2O7. The Morgan fingerprint density at radius 1 is 1.14 bits per heavy atom. The number of amides is 3. The highest BCUT2D eigenvalue weighted by molar-refractivity contribution is 5.93. The molecule has 9 atom stereocenters. The van der Waals surface area contributed by atoms with Gasteiger partial charge in [-0.05, 0) is 61.3 Å². The number of nitrogens with zero attached hydrogens (tertiary/aromatic N) is 1. The third-order valence-corrected chi connectivity index (χ3v) is 12.0. The summed E-state index contributed by atoms with van der Waals surface area (Å²) in [7, 11) is 0. The quantitative estimate of drug-likeness (QED) is 0.414. The number of rotatable bonds is 5. The molecule has 0 radical (unpaired) electrons. The monoisotopic (exact) mass is 608 g/mol. The fourth-order valence-electron chi connectivity index (χ4n) is 9.03. The lowest BCUT2D eigenvalue weighted by Gasteiger charge is -2.61. The normalized spacial score (nSPS) is 38.5. The Kier molecular flexibility index (Phi) is 9.00. The summed E-state index contributed by atoms with van der Waals surface area (Å²) < 4.78 is 11.6. The Balaban J connectivity index is 1.30. The van der Waals surface area contributed by atoms with E-state index in [1.54, 1.807) is 6.08 Å². The Morgan fingerprint density at radius 2 is 1.86 bits per heavy atom. The predicted octanol–water partition coefficient (Wildman–Crippen LogP) is 5.65. The van der Waals surface area contributed by atoms with E-state index in [1.165, 1.54) is 4.90 Å². The van der Waals surface area contributed by atoms with Crippen molar-refractivity contribution in [2.75, 3.05) is 13.1 Å². The van der Waals surface area contributed by atoms with Gasteiger partial charge in [0, 0.05) is 36.3 Å². The number of benzene rings is 1. The van der Waals surface area contributed by atoms with Gasteiger partial charge in [0.25, 0.3) is 0 Å². The van der Waals surface area contributed by atoms with Crippen LogP contribution >= 0.6 is 0 Å². The van der Waals surface area contributed by atoms with E-state index in [0.29, 0.717) is 32.2 Å². The first-order chi connectivity index (χ1) is 20.9. The lowest BCUT2D eigenvalue weighted by Crippen LogP contribution is -2.63. The maximum atomic E-state index is 13.6. The molecule has 0 spiro atoms. The number of carbonyl (C=O) groups is 4. The summed E-state index contributed by atoms with van der Waals surface area (Å²) in [6, 6.07) is 9.38. The maximum Gasteiger partial charge on any atom is 0.414 e. The van der Waals surface area contributed by atoms with E-state index in [-0.39, 0.29) is 48.5 Å². The highest BCUT2D eigenvalue weighted by Crippen LogP contribution is 2.68. The van der Waals surface area contributed by atoms with Crippen LogP contribution in [0.15, 0.2) is 43.0 Å². The predicted molar refractivity (Wildman–Crippen MR) is 164 cm³/mol. The molecule has 1 aromatic rings. The topological polar surface area (TPSA) is 122 Å². The Hall–Kier alpha value is -3.20. The van der Waals surface area contributed by atoms with Crippen molar-refractivity contribution < 1.29 is 33.8 Å². The standard InChI is InChI=1S/C35H48N2O7/c1-6-33(4)19-27(34(5)22(2)14-16-35(23(3)29(33)39)17-15-26(38)28(34)35)44-31(41)36-30(40)25-13-10-18-37(20-25)32(42)43-21-24-11-8-7-9-12-24/h6-9,11-12,22-23,25,27-29,39H,1,10,13-21H2,2-5H3,(H,36,40,41)/t22?,23?,25?,27?,28?,29-,33+,34?,35?/m1/s1. The molecule has 2 bridgehead atoms. The molecule has 7 unspecified atom stereocenters. The second kappa shape index (κ2) is 12.3. The van der Waals surface area contributed by atoms with Gasteiger partial charge in [-0.1, -0.05) is 64.1 Å². The van der Waals surface area contributed by atoms with Crippen molar-refractivity contribution in [3.8, 4) is 0 Å². The first-order valence-corrected chi connectivity index (χ1v) is 16.2. The van der Waals surface area contributed by atoms with Gasteiger partial charge in [0.1, 0.15) is 18.5 Å². The van der Waals surface area contributed by atoms with Gasteiger partial charge in [0.15, 0.2) is 0 Å². The molecule has 3 aliphatic carbocycles. The van der Waals surface area contributed by atoms with E-state index >= 15 is 0 Å². The van der Waals surface area contributed by atoms with Crippen LogP contribution in [0.25, 0.3) is 0 Å². The fourth-order valence-corrected chi connectivity index (χ4v) is 9.03. The summed E-state index contributed by atoms with van der Waals surface area (Å²) in [6.07, 6.45) is 3.19. The molecular weight excluding hydrogens is 560 g/mol. The molecule has 1 aromatic carbocycles. The van der Waals surface area contributed by atoms with E-state index in [0.717, 1.165) is 18.4 Å². The summed E-state index contributed by atoms with van der Waals surface area (Å²) in [5.41, 5.74) is -0.942. The number of Topliss-reactive ketones (excluding diaryl/α,β-unsaturated/α-hetero) is 1. The van der Waals surface area contributed by atoms with Crippen LogP contribution in [0.2, 0.25) is 0 Å². The van der Waals surface area contributed by atoms with Crippen LogP contribution in [0, 0.1) is 39.9 Å². The molecule has 1 aliphatic heterocycles. The second-order valence-electron chi connectivity index (χ2n) is 14.3. The first kappa shape index (κ1) is 32.2. The lowest BCUT2D eigenvalue weighted by atomic mass is 9.44. The molecule has 2 N–H and O–H groups in total. The molecule has 9 nitrogen and oxygen atoms in total. The number of piperidine rings is 1.